The highest BCUT2D eigenvalue weighted by Crippen LogP contribution is 2.08. The Morgan fingerprint density at radius 3 is 1.93 bits per heavy atom. The van der Waals surface area contributed by atoms with Gasteiger partial charge in [-0.3, -0.25) is 0 Å². The Hall–Kier alpha value is -0.120. The molecule has 3 heteroatoms. The fraction of sp³-hybridized carbons (Fsp3) is 1.00. The fourth-order valence-electron chi connectivity index (χ4n) is 1.98. The summed E-state index contributed by atoms with van der Waals surface area (Å²) >= 11 is 0. The number of nitrogens with one attached hydrogen (secondary N) is 3. The van der Waals surface area contributed by atoms with Crippen LogP contribution in [0.4, 0.5) is 0 Å². The van der Waals surface area contributed by atoms with E-state index in [9.17, 15) is 0 Å². The molecule has 2 saturated heterocycles. The van der Waals surface area contributed by atoms with E-state index >= 15 is 0 Å². The molecule has 0 aromatic rings. The van der Waals surface area contributed by atoms with Crippen LogP contribution < -0.4 is 16.0 Å². The Balaban J connectivity index is 0.000000162. The topological polar surface area (TPSA) is 36.1 Å². The summed E-state index contributed by atoms with van der Waals surface area (Å²) in [6.07, 6.45) is 7.06. The zero-order valence-corrected chi connectivity index (χ0v) is 10.1. The van der Waals surface area contributed by atoms with E-state index in [0.717, 1.165) is 32.2 Å². The molecule has 3 nitrogen and oxygen atoms in total. The largest absolute Gasteiger partial charge is 0.314 e. The third-order valence-corrected chi connectivity index (χ3v) is 3.01. The van der Waals surface area contributed by atoms with E-state index < -0.39 is 0 Å². The molecule has 0 aromatic carbocycles. The number of hydrogen-bond acceptors (Lipinski definition) is 3. The monoisotopic (exact) mass is 213 g/mol. The molecule has 2 fully saturated rings. The molecule has 2 aliphatic heterocycles. The van der Waals surface area contributed by atoms with E-state index in [1.54, 1.807) is 0 Å². The molecule has 1 unspecified atom stereocenters. The standard InChI is InChI=1S/C8H17N.C4H10N2/c1-8-6-4-2-3-5-7-9-8;1-2-6-4-3-5-1/h8-9H,2-7H2,1H3;5-6H,1-4H2. The highest BCUT2D eigenvalue weighted by Gasteiger charge is 2.02. The van der Waals surface area contributed by atoms with Crippen molar-refractivity contribution in [3.8, 4) is 0 Å². The molecule has 90 valence electrons. The van der Waals surface area contributed by atoms with Gasteiger partial charge in [-0.2, -0.15) is 0 Å². The second kappa shape index (κ2) is 9.13. The molecule has 0 saturated carbocycles. The third-order valence-electron chi connectivity index (χ3n) is 3.01. The van der Waals surface area contributed by atoms with Crippen LogP contribution in [0.1, 0.15) is 39.0 Å². The van der Waals surface area contributed by atoms with Crippen molar-refractivity contribution in [3.05, 3.63) is 0 Å². The lowest BCUT2D eigenvalue weighted by Gasteiger charge is -2.16. The van der Waals surface area contributed by atoms with Gasteiger partial charge in [-0.25, -0.2) is 0 Å². The maximum Gasteiger partial charge on any atom is 0.00772 e. The minimum absolute atomic E-state index is 0.769. The van der Waals surface area contributed by atoms with Crippen LogP contribution in [0.2, 0.25) is 0 Å². The summed E-state index contributed by atoms with van der Waals surface area (Å²) in [4.78, 5) is 0. The SMILES string of the molecule is C1CNCCN1.CC1CCCCCCN1. The van der Waals surface area contributed by atoms with Gasteiger partial charge in [0.1, 0.15) is 0 Å². The molecular weight excluding hydrogens is 186 g/mol. The normalized spacial score (nSPS) is 28.2. The van der Waals surface area contributed by atoms with Gasteiger partial charge in [0.25, 0.3) is 0 Å². The summed E-state index contributed by atoms with van der Waals surface area (Å²) < 4.78 is 0. The van der Waals surface area contributed by atoms with E-state index in [-0.39, 0.29) is 0 Å². The van der Waals surface area contributed by atoms with Gasteiger partial charge >= 0.3 is 0 Å². The lowest BCUT2D eigenvalue weighted by Crippen LogP contribution is -2.39. The Kier molecular flexibility index (Phi) is 7.88. The molecule has 2 aliphatic rings. The van der Waals surface area contributed by atoms with Crippen LogP contribution in [-0.4, -0.2) is 38.8 Å². The van der Waals surface area contributed by atoms with Crippen LogP contribution in [0, 0.1) is 0 Å². The quantitative estimate of drug-likeness (QED) is 0.564. The van der Waals surface area contributed by atoms with E-state index in [1.807, 2.05) is 0 Å². The number of piperazine rings is 1. The van der Waals surface area contributed by atoms with Gasteiger partial charge in [0.2, 0.25) is 0 Å². The van der Waals surface area contributed by atoms with Crippen LogP contribution in [-0.2, 0) is 0 Å². The predicted molar refractivity (Wildman–Crippen MR) is 66.3 cm³/mol. The third kappa shape index (κ3) is 7.77. The molecule has 0 aliphatic carbocycles. The van der Waals surface area contributed by atoms with Crippen molar-refractivity contribution in [1.29, 1.82) is 0 Å². The lowest BCUT2D eigenvalue weighted by atomic mass is 10.1. The first-order chi connectivity index (χ1) is 7.39. The second-order valence-electron chi connectivity index (χ2n) is 4.56. The summed E-state index contributed by atoms with van der Waals surface area (Å²) in [6, 6.07) is 0.769. The van der Waals surface area contributed by atoms with Gasteiger partial charge in [-0.15, -0.1) is 0 Å². The van der Waals surface area contributed by atoms with Crippen molar-refractivity contribution in [2.24, 2.45) is 0 Å². The summed E-state index contributed by atoms with van der Waals surface area (Å²) in [5.74, 6) is 0. The Labute approximate surface area is 94.4 Å². The van der Waals surface area contributed by atoms with Gasteiger partial charge in [0.05, 0.1) is 0 Å². The first-order valence-corrected chi connectivity index (χ1v) is 6.54. The van der Waals surface area contributed by atoms with Gasteiger partial charge in [-0.05, 0) is 26.3 Å². The molecule has 0 aromatic heterocycles. The highest BCUT2D eigenvalue weighted by atomic mass is 15.0. The summed E-state index contributed by atoms with van der Waals surface area (Å²) in [7, 11) is 0. The first kappa shape index (κ1) is 12.9. The van der Waals surface area contributed by atoms with Gasteiger partial charge in [-0.1, -0.05) is 19.3 Å². The Morgan fingerprint density at radius 2 is 1.33 bits per heavy atom. The minimum atomic E-state index is 0.769. The van der Waals surface area contributed by atoms with Crippen LogP contribution in [0.3, 0.4) is 0 Å². The smallest absolute Gasteiger partial charge is 0.00772 e. The summed E-state index contributed by atoms with van der Waals surface area (Å²) in [5, 5.41) is 9.93. The molecule has 0 amide bonds. The van der Waals surface area contributed by atoms with Crippen molar-refractivity contribution in [2.45, 2.75) is 45.1 Å². The van der Waals surface area contributed by atoms with E-state index in [4.69, 9.17) is 0 Å². The summed E-state index contributed by atoms with van der Waals surface area (Å²) in [6.45, 7) is 8.08. The molecule has 0 bridgehead atoms. The maximum absolute atomic E-state index is 3.48. The number of rotatable bonds is 0. The van der Waals surface area contributed by atoms with Crippen molar-refractivity contribution in [3.63, 3.8) is 0 Å². The maximum atomic E-state index is 3.48. The highest BCUT2D eigenvalue weighted by molar-refractivity contribution is 4.63. The summed E-state index contributed by atoms with van der Waals surface area (Å²) in [5.41, 5.74) is 0. The molecule has 2 rings (SSSR count). The molecule has 0 radical (unpaired) electrons. The molecule has 0 spiro atoms. The van der Waals surface area contributed by atoms with Crippen LogP contribution in [0.5, 0.6) is 0 Å². The Bertz CT molecular complexity index is 115. The van der Waals surface area contributed by atoms with E-state index in [0.29, 0.717) is 0 Å². The minimum Gasteiger partial charge on any atom is -0.314 e. The van der Waals surface area contributed by atoms with Crippen molar-refractivity contribution in [1.82, 2.24) is 16.0 Å². The average Bonchev–Trinajstić information content (AvgIpc) is 2.27. The van der Waals surface area contributed by atoms with Crippen molar-refractivity contribution in [2.75, 3.05) is 32.7 Å². The number of hydrogen-bond donors (Lipinski definition) is 3. The van der Waals surface area contributed by atoms with Crippen molar-refractivity contribution < 1.29 is 0 Å². The average molecular weight is 213 g/mol. The first-order valence-electron chi connectivity index (χ1n) is 6.54. The van der Waals surface area contributed by atoms with Gasteiger partial charge < -0.3 is 16.0 Å². The van der Waals surface area contributed by atoms with E-state index in [1.165, 1.54) is 38.6 Å². The molecule has 1 atom stereocenters. The fourth-order valence-corrected chi connectivity index (χ4v) is 1.98. The van der Waals surface area contributed by atoms with Crippen LogP contribution in [0.25, 0.3) is 0 Å². The molecular formula is C12H27N3. The van der Waals surface area contributed by atoms with Crippen LogP contribution >= 0.6 is 0 Å². The zero-order chi connectivity index (χ0) is 10.8. The predicted octanol–water partition coefficient (Wildman–Crippen LogP) is 1.11. The van der Waals surface area contributed by atoms with Gasteiger partial charge in [0.15, 0.2) is 0 Å². The Morgan fingerprint density at radius 1 is 0.733 bits per heavy atom. The molecule has 2 heterocycles. The van der Waals surface area contributed by atoms with Gasteiger partial charge in [0, 0.05) is 32.2 Å². The molecule has 3 N–H and O–H groups in total. The zero-order valence-electron chi connectivity index (χ0n) is 10.1. The van der Waals surface area contributed by atoms with Crippen LogP contribution in [0.15, 0.2) is 0 Å². The van der Waals surface area contributed by atoms with Crippen molar-refractivity contribution >= 4 is 0 Å². The lowest BCUT2D eigenvalue weighted by molar-refractivity contribution is 0.438. The van der Waals surface area contributed by atoms with E-state index in [2.05, 4.69) is 22.9 Å². The second-order valence-corrected chi connectivity index (χ2v) is 4.56. The molecule has 15 heavy (non-hydrogen) atoms.